The number of thiazole rings is 1. The summed E-state index contributed by atoms with van der Waals surface area (Å²) >= 11 is 3.01. The van der Waals surface area contributed by atoms with Gasteiger partial charge in [0.2, 0.25) is 0 Å². The Bertz CT molecular complexity index is 1130. The number of fused-ring (bicyclic) bond motifs is 1. The molecule has 0 saturated carbocycles. The molecule has 0 radical (unpaired) electrons. The molecule has 0 spiro atoms. The van der Waals surface area contributed by atoms with Crippen molar-refractivity contribution < 1.29 is 13.9 Å². The number of aromatic nitrogens is 5. The number of benzene rings is 1. The van der Waals surface area contributed by atoms with Crippen LogP contribution < -0.4 is 0 Å². The van der Waals surface area contributed by atoms with Gasteiger partial charge in [-0.15, -0.1) is 11.3 Å². The lowest BCUT2D eigenvalue weighted by Crippen LogP contribution is -2.41. The lowest BCUT2D eigenvalue weighted by molar-refractivity contribution is 0.0134. The van der Waals surface area contributed by atoms with Gasteiger partial charge in [0.1, 0.15) is 29.9 Å². The highest BCUT2D eigenvalue weighted by Crippen LogP contribution is 2.36. The van der Waals surface area contributed by atoms with E-state index in [9.17, 15) is 13.9 Å². The molecular weight excluding hydrogens is 428 g/mol. The minimum atomic E-state index is -1.61. The Morgan fingerprint density at radius 2 is 2.23 bits per heavy atom. The van der Waals surface area contributed by atoms with Crippen molar-refractivity contribution in [3.8, 4) is 0 Å². The number of hydrogen-bond acceptors (Lipinski definition) is 6. The summed E-state index contributed by atoms with van der Waals surface area (Å²) in [6.45, 7) is 1.80. The van der Waals surface area contributed by atoms with Crippen molar-refractivity contribution in [2.45, 2.75) is 24.3 Å². The molecule has 0 aliphatic heterocycles. The molecule has 3 heterocycles. The summed E-state index contributed by atoms with van der Waals surface area (Å²) in [4.78, 5) is 9.29. The monoisotopic (exact) mass is 447 g/mol. The van der Waals surface area contributed by atoms with Gasteiger partial charge in [0, 0.05) is 40.4 Å². The molecule has 0 saturated heterocycles. The average Bonchev–Trinajstić information content (AvgIpc) is 3.42. The van der Waals surface area contributed by atoms with Gasteiger partial charge in [-0.1, -0.05) is 19.1 Å². The predicted octanol–water partition coefficient (Wildman–Crippen LogP) is 3.99. The third-order valence-corrected chi connectivity index (χ3v) is 6.83. The van der Waals surface area contributed by atoms with Crippen LogP contribution in [-0.4, -0.2) is 40.3 Å². The number of nitrogens with zero attached hydrogens (tertiary/aromatic N) is 5. The van der Waals surface area contributed by atoms with E-state index in [2.05, 4.69) is 15.1 Å². The maximum Gasteiger partial charge on any atom is 0.194 e. The zero-order valence-corrected chi connectivity index (χ0v) is 17.7. The molecule has 0 unspecified atom stereocenters. The van der Waals surface area contributed by atoms with Crippen LogP contribution in [0.2, 0.25) is 0 Å². The Hall–Kier alpha value is -2.56. The lowest BCUT2D eigenvalue weighted by Gasteiger charge is -2.34. The van der Waals surface area contributed by atoms with Crippen LogP contribution in [-0.2, 0) is 12.1 Å². The van der Waals surface area contributed by atoms with Crippen LogP contribution in [0, 0.1) is 11.6 Å². The average molecular weight is 448 g/mol. The second kappa shape index (κ2) is 8.66. The second-order valence-electron chi connectivity index (χ2n) is 6.78. The molecule has 4 aromatic rings. The molecule has 2 atom stereocenters. The molecule has 4 rings (SSSR count). The van der Waals surface area contributed by atoms with Gasteiger partial charge in [-0.05, 0) is 12.1 Å². The zero-order valence-electron chi connectivity index (χ0n) is 16.0. The summed E-state index contributed by atoms with van der Waals surface area (Å²) in [5.74, 6) is -0.907. The third-order valence-electron chi connectivity index (χ3n) is 4.78. The summed E-state index contributed by atoms with van der Waals surface area (Å²) in [6.07, 6.45) is 10.5. The topological polar surface area (TPSA) is 68.2 Å². The van der Waals surface area contributed by atoms with Crippen molar-refractivity contribution >= 4 is 34.1 Å². The molecule has 3 aromatic heterocycles. The van der Waals surface area contributed by atoms with Gasteiger partial charge in [0.05, 0.1) is 12.2 Å². The first kappa shape index (κ1) is 20.7. The number of thioether (sulfide) groups is 1. The van der Waals surface area contributed by atoms with E-state index in [-0.39, 0.29) is 12.1 Å². The minimum absolute atomic E-state index is 0.00917. The maximum atomic E-state index is 14.5. The summed E-state index contributed by atoms with van der Waals surface area (Å²) in [5, 5.41) is 17.0. The third kappa shape index (κ3) is 4.30. The van der Waals surface area contributed by atoms with Crippen LogP contribution in [0.3, 0.4) is 0 Å². The molecule has 0 bridgehead atoms. The summed E-state index contributed by atoms with van der Waals surface area (Å²) in [7, 11) is 0. The first-order chi connectivity index (χ1) is 14.5. The molecule has 156 valence electrons. The van der Waals surface area contributed by atoms with Crippen LogP contribution in [0.4, 0.5) is 8.78 Å². The van der Waals surface area contributed by atoms with E-state index in [1.165, 1.54) is 35.2 Å². The molecule has 1 aromatic carbocycles. The fourth-order valence-corrected chi connectivity index (χ4v) is 4.85. The standard InChI is InChI=1S/C20H19F2N5OS2/c1-14(29-7-2-3-16-10-26-6-8-30-19(26)25-16)20(28,11-27-13-23-12-24-27)17-5-4-15(21)9-18(17)22/h2-6,8-10,12-14,28H,7,11H2,1H3/b3-2+/t14-,20-/m1/s1. The molecule has 0 aliphatic rings. The van der Waals surface area contributed by atoms with E-state index in [1.807, 2.05) is 41.3 Å². The molecule has 10 heteroatoms. The summed E-state index contributed by atoms with van der Waals surface area (Å²) in [6, 6.07) is 3.21. The van der Waals surface area contributed by atoms with Crippen LogP contribution in [0.25, 0.3) is 11.0 Å². The van der Waals surface area contributed by atoms with Gasteiger partial charge < -0.3 is 5.11 Å². The zero-order chi connectivity index (χ0) is 21.1. The Morgan fingerprint density at radius 3 is 2.97 bits per heavy atom. The fraction of sp³-hybridized carbons (Fsp3) is 0.250. The molecule has 0 aliphatic carbocycles. The van der Waals surface area contributed by atoms with Crippen LogP contribution >= 0.6 is 23.1 Å². The highest BCUT2D eigenvalue weighted by Gasteiger charge is 2.39. The van der Waals surface area contributed by atoms with E-state index >= 15 is 0 Å². The lowest BCUT2D eigenvalue weighted by atomic mass is 9.90. The first-order valence-electron chi connectivity index (χ1n) is 9.16. The molecule has 0 fully saturated rings. The highest BCUT2D eigenvalue weighted by atomic mass is 32.2. The van der Waals surface area contributed by atoms with Crippen LogP contribution in [0.1, 0.15) is 18.2 Å². The first-order valence-corrected chi connectivity index (χ1v) is 11.1. The van der Waals surface area contributed by atoms with Crippen molar-refractivity contribution in [1.29, 1.82) is 0 Å². The Kier molecular flexibility index (Phi) is 5.98. The van der Waals surface area contributed by atoms with Crippen molar-refractivity contribution in [3.63, 3.8) is 0 Å². The quantitative estimate of drug-likeness (QED) is 0.442. The van der Waals surface area contributed by atoms with Gasteiger partial charge in [0.15, 0.2) is 4.96 Å². The second-order valence-corrected chi connectivity index (χ2v) is 9.02. The Labute approximate surface area is 179 Å². The van der Waals surface area contributed by atoms with Crippen molar-refractivity contribution in [1.82, 2.24) is 24.1 Å². The van der Waals surface area contributed by atoms with E-state index < -0.39 is 22.5 Å². The van der Waals surface area contributed by atoms with E-state index in [0.29, 0.717) is 5.75 Å². The number of hydrogen-bond donors (Lipinski definition) is 1. The molecule has 1 N–H and O–H groups in total. The molecular formula is C20H19F2N5OS2. The van der Waals surface area contributed by atoms with Crippen LogP contribution in [0.5, 0.6) is 0 Å². The Balaban J connectivity index is 1.50. The van der Waals surface area contributed by atoms with Crippen molar-refractivity contribution in [2.75, 3.05) is 5.75 Å². The summed E-state index contributed by atoms with van der Waals surface area (Å²) < 4.78 is 31.3. The predicted molar refractivity (Wildman–Crippen MR) is 114 cm³/mol. The summed E-state index contributed by atoms with van der Waals surface area (Å²) in [5.41, 5.74) is -0.739. The minimum Gasteiger partial charge on any atom is -0.382 e. The SMILES string of the molecule is C[C@@H](SC/C=C/c1cn2ccsc2n1)[C@](O)(Cn1cncn1)c1ccc(F)cc1F. The van der Waals surface area contributed by atoms with Crippen LogP contribution in [0.15, 0.2) is 54.7 Å². The van der Waals surface area contributed by atoms with Gasteiger partial charge >= 0.3 is 0 Å². The Morgan fingerprint density at radius 1 is 1.37 bits per heavy atom. The smallest absolute Gasteiger partial charge is 0.194 e. The van der Waals surface area contributed by atoms with E-state index in [4.69, 9.17) is 0 Å². The van der Waals surface area contributed by atoms with Gasteiger partial charge in [-0.2, -0.15) is 16.9 Å². The molecule has 6 nitrogen and oxygen atoms in total. The molecule has 30 heavy (non-hydrogen) atoms. The van der Waals surface area contributed by atoms with Gasteiger partial charge in [0.25, 0.3) is 0 Å². The van der Waals surface area contributed by atoms with Crippen molar-refractivity contribution in [3.05, 3.63) is 77.6 Å². The number of rotatable bonds is 8. The van der Waals surface area contributed by atoms with E-state index in [1.54, 1.807) is 11.3 Å². The largest absolute Gasteiger partial charge is 0.382 e. The number of halogens is 2. The van der Waals surface area contributed by atoms with E-state index in [0.717, 1.165) is 22.8 Å². The van der Waals surface area contributed by atoms with Gasteiger partial charge in [-0.3, -0.25) is 4.40 Å². The highest BCUT2D eigenvalue weighted by molar-refractivity contribution is 8.00. The number of aliphatic hydroxyl groups is 1. The normalized spacial score (nSPS) is 15.1. The maximum absolute atomic E-state index is 14.5. The fourth-order valence-electron chi connectivity index (χ4n) is 3.17. The molecule has 0 amide bonds. The van der Waals surface area contributed by atoms with Crippen molar-refractivity contribution in [2.24, 2.45) is 0 Å². The van der Waals surface area contributed by atoms with Gasteiger partial charge in [-0.25, -0.2) is 23.4 Å². The number of imidazole rings is 1.